The van der Waals surface area contributed by atoms with E-state index in [-0.39, 0.29) is 5.78 Å². The van der Waals surface area contributed by atoms with Gasteiger partial charge in [0.1, 0.15) is 5.60 Å². The Kier molecular flexibility index (Phi) is 2.43. The third-order valence-corrected chi connectivity index (χ3v) is 2.06. The van der Waals surface area contributed by atoms with Crippen molar-refractivity contribution in [1.82, 2.24) is 0 Å². The Balaban J connectivity index is 2.94. The maximum atomic E-state index is 11.6. The van der Waals surface area contributed by atoms with Gasteiger partial charge in [-0.05, 0) is 27.7 Å². The molecule has 0 radical (unpaired) electrons. The fourth-order valence-electron chi connectivity index (χ4n) is 1.36. The Labute approximate surface area is 77.2 Å². The van der Waals surface area contributed by atoms with Crippen LogP contribution in [0.4, 0.5) is 0 Å². The predicted octanol–water partition coefficient (Wildman–Crippen LogP) is 0.684. The average Bonchev–Trinajstić information content (AvgIpc) is 2.05. The van der Waals surface area contributed by atoms with Crippen molar-refractivity contribution < 1.29 is 19.1 Å². The van der Waals surface area contributed by atoms with Gasteiger partial charge in [0.25, 0.3) is 0 Å². The van der Waals surface area contributed by atoms with Crippen molar-refractivity contribution in [3.63, 3.8) is 0 Å². The lowest BCUT2D eigenvalue weighted by molar-refractivity contribution is -0.158. The number of hydrogen-bond acceptors (Lipinski definition) is 4. The van der Waals surface area contributed by atoms with Gasteiger partial charge in [0.15, 0.2) is 12.2 Å². The van der Waals surface area contributed by atoms with Gasteiger partial charge < -0.3 is 9.47 Å². The molecule has 1 fully saturated rings. The molecule has 0 bridgehead atoms. The zero-order chi connectivity index (χ0) is 10.2. The van der Waals surface area contributed by atoms with Crippen LogP contribution < -0.4 is 0 Å². The van der Waals surface area contributed by atoms with Gasteiger partial charge in [0.2, 0.25) is 5.78 Å². The van der Waals surface area contributed by atoms with Gasteiger partial charge >= 0.3 is 5.97 Å². The molecule has 2 unspecified atom stereocenters. The lowest BCUT2D eigenvalue weighted by Crippen LogP contribution is -2.40. The molecule has 2 atom stereocenters. The van der Waals surface area contributed by atoms with Gasteiger partial charge in [-0.25, -0.2) is 4.79 Å². The molecule has 4 heteroatoms. The number of hydrogen-bond donors (Lipinski definition) is 0. The Morgan fingerprint density at radius 2 is 1.69 bits per heavy atom. The average molecular weight is 186 g/mol. The zero-order valence-electron chi connectivity index (χ0n) is 8.29. The number of esters is 1. The van der Waals surface area contributed by atoms with E-state index in [9.17, 15) is 9.59 Å². The SMILES string of the molecule is CC1OC(C)(C)C(=O)C(C)OC1=O. The number of cyclic esters (lactones) is 1. The first-order valence-corrected chi connectivity index (χ1v) is 4.27. The Morgan fingerprint density at radius 1 is 1.15 bits per heavy atom. The van der Waals surface area contributed by atoms with Gasteiger partial charge in [0.05, 0.1) is 0 Å². The van der Waals surface area contributed by atoms with Crippen LogP contribution in [-0.2, 0) is 19.1 Å². The molecule has 4 nitrogen and oxygen atoms in total. The van der Waals surface area contributed by atoms with Gasteiger partial charge in [0, 0.05) is 0 Å². The predicted molar refractivity (Wildman–Crippen MR) is 45.2 cm³/mol. The fraction of sp³-hybridized carbons (Fsp3) is 0.778. The third kappa shape index (κ3) is 1.88. The lowest BCUT2D eigenvalue weighted by atomic mass is 10.00. The highest BCUT2D eigenvalue weighted by Gasteiger charge is 2.41. The van der Waals surface area contributed by atoms with E-state index in [0.717, 1.165) is 0 Å². The van der Waals surface area contributed by atoms with Crippen molar-refractivity contribution in [3.05, 3.63) is 0 Å². The maximum Gasteiger partial charge on any atom is 0.335 e. The summed E-state index contributed by atoms with van der Waals surface area (Å²) in [6.45, 7) is 6.42. The van der Waals surface area contributed by atoms with E-state index in [1.54, 1.807) is 27.7 Å². The first-order valence-electron chi connectivity index (χ1n) is 4.27. The smallest absolute Gasteiger partial charge is 0.335 e. The summed E-state index contributed by atoms with van der Waals surface area (Å²) in [6.07, 6.45) is -1.39. The largest absolute Gasteiger partial charge is 0.453 e. The van der Waals surface area contributed by atoms with Crippen LogP contribution in [-0.4, -0.2) is 29.6 Å². The summed E-state index contributed by atoms with van der Waals surface area (Å²) >= 11 is 0. The third-order valence-electron chi connectivity index (χ3n) is 2.06. The Bertz CT molecular complexity index is 244. The highest BCUT2D eigenvalue weighted by atomic mass is 16.6. The Morgan fingerprint density at radius 3 is 2.23 bits per heavy atom. The normalized spacial score (nSPS) is 33.8. The minimum Gasteiger partial charge on any atom is -0.453 e. The summed E-state index contributed by atoms with van der Waals surface area (Å²) in [5, 5.41) is 0. The number of rotatable bonds is 0. The van der Waals surface area contributed by atoms with E-state index in [1.165, 1.54) is 0 Å². The summed E-state index contributed by atoms with van der Waals surface area (Å²) in [5.41, 5.74) is -0.939. The molecule has 0 saturated carbocycles. The van der Waals surface area contributed by atoms with Crippen molar-refractivity contribution in [1.29, 1.82) is 0 Å². The molecular formula is C9H14O4. The number of ketones is 1. The molecule has 0 aliphatic carbocycles. The fourth-order valence-corrected chi connectivity index (χ4v) is 1.36. The molecule has 1 heterocycles. The number of carbonyl (C=O) groups excluding carboxylic acids is 2. The number of carbonyl (C=O) groups is 2. The quantitative estimate of drug-likeness (QED) is 0.522. The minimum absolute atomic E-state index is 0.204. The van der Waals surface area contributed by atoms with Gasteiger partial charge in [-0.2, -0.15) is 0 Å². The summed E-state index contributed by atoms with van der Waals surface area (Å²) in [4.78, 5) is 22.7. The van der Waals surface area contributed by atoms with Crippen LogP contribution in [0, 0.1) is 0 Å². The van der Waals surface area contributed by atoms with E-state index in [0.29, 0.717) is 0 Å². The lowest BCUT2D eigenvalue weighted by Gasteiger charge is -2.23. The van der Waals surface area contributed by atoms with Crippen LogP contribution in [0.2, 0.25) is 0 Å². The summed E-state index contributed by atoms with van der Waals surface area (Å²) in [6, 6.07) is 0. The van der Waals surface area contributed by atoms with E-state index >= 15 is 0 Å². The molecule has 1 aliphatic heterocycles. The first-order chi connectivity index (χ1) is 5.84. The Hall–Kier alpha value is -0.900. The topological polar surface area (TPSA) is 52.6 Å². The van der Waals surface area contributed by atoms with Crippen LogP contribution in [0.1, 0.15) is 27.7 Å². The summed E-state index contributed by atoms with van der Waals surface area (Å²) < 4.78 is 10.1. The van der Waals surface area contributed by atoms with E-state index < -0.39 is 23.8 Å². The maximum absolute atomic E-state index is 11.6. The van der Waals surface area contributed by atoms with E-state index in [2.05, 4.69) is 0 Å². The molecule has 1 rings (SSSR count). The molecule has 0 aromatic heterocycles. The van der Waals surface area contributed by atoms with Crippen molar-refractivity contribution in [2.24, 2.45) is 0 Å². The standard InChI is InChI=1S/C9H14O4/c1-5-7(10)9(3,4)13-6(2)8(11)12-5/h5-6H,1-4H3. The second kappa shape index (κ2) is 3.10. The van der Waals surface area contributed by atoms with Gasteiger partial charge in [-0.15, -0.1) is 0 Å². The first kappa shape index (κ1) is 10.2. The van der Waals surface area contributed by atoms with Crippen molar-refractivity contribution in [3.8, 4) is 0 Å². The highest BCUT2D eigenvalue weighted by molar-refractivity contribution is 5.93. The van der Waals surface area contributed by atoms with Crippen LogP contribution in [0.25, 0.3) is 0 Å². The second-order valence-electron chi connectivity index (χ2n) is 3.71. The molecule has 0 N–H and O–H groups in total. The molecular weight excluding hydrogens is 172 g/mol. The van der Waals surface area contributed by atoms with Gasteiger partial charge in [-0.3, -0.25) is 4.79 Å². The number of Topliss-reactive ketones (excluding diaryl/α,β-unsaturated/α-hetero) is 1. The molecule has 0 aromatic rings. The van der Waals surface area contributed by atoms with Crippen LogP contribution in [0.3, 0.4) is 0 Å². The molecule has 13 heavy (non-hydrogen) atoms. The molecule has 0 amide bonds. The van der Waals surface area contributed by atoms with Crippen molar-refractivity contribution >= 4 is 11.8 Å². The minimum atomic E-state index is -0.939. The molecule has 1 saturated heterocycles. The molecule has 0 aromatic carbocycles. The summed E-state index contributed by atoms with van der Waals surface area (Å²) in [5.74, 6) is -0.684. The highest BCUT2D eigenvalue weighted by Crippen LogP contribution is 2.21. The van der Waals surface area contributed by atoms with Crippen molar-refractivity contribution in [2.45, 2.75) is 45.5 Å². The second-order valence-corrected chi connectivity index (χ2v) is 3.71. The summed E-state index contributed by atoms with van der Waals surface area (Å²) in [7, 11) is 0. The zero-order valence-corrected chi connectivity index (χ0v) is 8.29. The number of ether oxygens (including phenoxy) is 2. The van der Waals surface area contributed by atoms with Crippen LogP contribution in [0.5, 0.6) is 0 Å². The molecule has 1 aliphatic rings. The van der Waals surface area contributed by atoms with E-state index in [1.807, 2.05) is 0 Å². The van der Waals surface area contributed by atoms with Gasteiger partial charge in [-0.1, -0.05) is 0 Å². The monoisotopic (exact) mass is 186 g/mol. The molecule has 0 spiro atoms. The van der Waals surface area contributed by atoms with Crippen molar-refractivity contribution in [2.75, 3.05) is 0 Å². The van der Waals surface area contributed by atoms with E-state index in [4.69, 9.17) is 9.47 Å². The van der Waals surface area contributed by atoms with Crippen LogP contribution >= 0.6 is 0 Å². The van der Waals surface area contributed by atoms with Crippen LogP contribution in [0.15, 0.2) is 0 Å². The molecule has 74 valence electrons.